The SMILES string of the molecule is COC(=O)C1CSC2CCCCCCCCCCC2N1. The molecule has 1 heterocycles. The number of nitrogens with one attached hydrogen (secondary N) is 1. The molecule has 0 amide bonds. The number of hydrogen-bond donors (Lipinski definition) is 1. The smallest absolute Gasteiger partial charge is 0.323 e. The Hall–Kier alpha value is -0.220. The van der Waals surface area contributed by atoms with E-state index in [4.69, 9.17) is 4.74 Å². The second-order valence-electron chi connectivity index (χ2n) is 6.13. The maximum absolute atomic E-state index is 11.7. The van der Waals surface area contributed by atoms with E-state index in [1.54, 1.807) is 0 Å². The van der Waals surface area contributed by atoms with Crippen molar-refractivity contribution in [2.24, 2.45) is 0 Å². The van der Waals surface area contributed by atoms with Crippen LogP contribution in [0.2, 0.25) is 0 Å². The van der Waals surface area contributed by atoms with E-state index in [0.29, 0.717) is 11.3 Å². The van der Waals surface area contributed by atoms with Crippen molar-refractivity contribution in [3.05, 3.63) is 0 Å². The van der Waals surface area contributed by atoms with Crippen molar-refractivity contribution >= 4 is 17.7 Å². The Bertz CT molecular complexity index is 298. The van der Waals surface area contributed by atoms with E-state index in [9.17, 15) is 4.79 Å². The zero-order valence-corrected chi connectivity index (χ0v) is 13.6. The number of carbonyl (C=O) groups excluding carboxylic acids is 1. The van der Waals surface area contributed by atoms with Crippen LogP contribution in [-0.4, -0.2) is 36.2 Å². The van der Waals surface area contributed by atoms with E-state index in [-0.39, 0.29) is 12.0 Å². The Kier molecular flexibility index (Phi) is 7.22. The predicted octanol–water partition coefficient (Wildman–Crippen LogP) is 3.52. The lowest BCUT2D eigenvalue weighted by Crippen LogP contribution is -2.53. The van der Waals surface area contributed by atoms with Gasteiger partial charge in [-0.1, -0.05) is 51.4 Å². The summed E-state index contributed by atoms with van der Waals surface area (Å²) in [6.45, 7) is 0. The molecule has 2 fully saturated rings. The van der Waals surface area contributed by atoms with Crippen LogP contribution in [0.15, 0.2) is 0 Å². The van der Waals surface area contributed by atoms with E-state index in [1.807, 2.05) is 11.8 Å². The van der Waals surface area contributed by atoms with Crippen molar-refractivity contribution in [2.75, 3.05) is 12.9 Å². The number of esters is 1. The third kappa shape index (κ3) is 4.96. The van der Waals surface area contributed by atoms with Gasteiger partial charge in [-0.25, -0.2) is 0 Å². The topological polar surface area (TPSA) is 38.3 Å². The number of carbonyl (C=O) groups is 1. The van der Waals surface area contributed by atoms with Gasteiger partial charge in [-0.2, -0.15) is 11.8 Å². The van der Waals surface area contributed by atoms with Crippen LogP contribution in [0.4, 0.5) is 0 Å². The first kappa shape index (κ1) is 16.2. The Morgan fingerprint density at radius 2 is 1.60 bits per heavy atom. The zero-order valence-electron chi connectivity index (χ0n) is 12.7. The van der Waals surface area contributed by atoms with Crippen molar-refractivity contribution in [3.8, 4) is 0 Å². The normalized spacial score (nSPS) is 33.4. The molecule has 3 unspecified atom stereocenters. The molecule has 1 saturated carbocycles. The molecule has 0 aromatic heterocycles. The highest BCUT2D eigenvalue weighted by molar-refractivity contribution is 8.00. The third-order valence-electron chi connectivity index (χ3n) is 4.58. The van der Waals surface area contributed by atoms with Gasteiger partial charge in [0.25, 0.3) is 0 Å². The number of fused-ring (bicyclic) bond motifs is 1. The minimum Gasteiger partial charge on any atom is -0.468 e. The Labute approximate surface area is 127 Å². The second kappa shape index (κ2) is 8.93. The molecule has 4 heteroatoms. The number of hydrogen-bond acceptors (Lipinski definition) is 4. The average molecular weight is 299 g/mol. The fourth-order valence-corrected chi connectivity index (χ4v) is 4.80. The van der Waals surface area contributed by atoms with Gasteiger partial charge in [-0.3, -0.25) is 10.1 Å². The molecule has 1 N–H and O–H groups in total. The number of rotatable bonds is 1. The summed E-state index contributed by atoms with van der Waals surface area (Å²) in [5.41, 5.74) is 0. The van der Waals surface area contributed by atoms with Crippen LogP contribution in [0.1, 0.15) is 64.2 Å². The molecule has 0 bridgehead atoms. The average Bonchev–Trinajstić information content (AvgIpc) is 2.47. The van der Waals surface area contributed by atoms with Gasteiger partial charge in [0.05, 0.1) is 7.11 Å². The summed E-state index contributed by atoms with van der Waals surface area (Å²) in [6.07, 6.45) is 13.5. The zero-order chi connectivity index (χ0) is 14.2. The van der Waals surface area contributed by atoms with Crippen LogP contribution in [-0.2, 0) is 9.53 Å². The van der Waals surface area contributed by atoms with E-state index in [1.165, 1.54) is 71.3 Å². The summed E-state index contributed by atoms with van der Waals surface area (Å²) in [4.78, 5) is 11.7. The summed E-state index contributed by atoms with van der Waals surface area (Å²) < 4.78 is 4.89. The van der Waals surface area contributed by atoms with Crippen LogP contribution in [0, 0.1) is 0 Å². The molecule has 0 aromatic rings. The van der Waals surface area contributed by atoms with Crippen LogP contribution in [0.5, 0.6) is 0 Å². The Balaban J connectivity index is 1.88. The van der Waals surface area contributed by atoms with Gasteiger partial charge in [0.15, 0.2) is 0 Å². The standard InChI is InChI=1S/C16H29NO2S/c1-19-16(18)14-12-20-15-11-9-7-5-3-2-4-6-8-10-13(15)17-14/h13-15,17H,2-12H2,1H3. The van der Waals surface area contributed by atoms with Crippen molar-refractivity contribution in [3.63, 3.8) is 0 Å². The second-order valence-corrected chi connectivity index (χ2v) is 7.40. The Morgan fingerprint density at radius 3 is 2.25 bits per heavy atom. The minimum absolute atomic E-state index is 0.0953. The summed E-state index contributed by atoms with van der Waals surface area (Å²) in [5, 5.41) is 4.25. The lowest BCUT2D eigenvalue weighted by molar-refractivity contribution is -0.142. The molecule has 1 saturated heterocycles. The van der Waals surface area contributed by atoms with Crippen LogP contribution >= 0.6 is 11.8 Å². The molecular formula is C16H29NO2S. The quantitative estimate of drug-likeness (QED) is 0.752. The highest BCUT2D eigenvalue weighted by Gasteiger charge is 2.33. The first-order valence-electron chi connectivity index (χ1n) is 8.26. The lowest BCUT2D eigenvalue weighted by Gasteiger charge is -2.36. The third-order valence-corrected chi connectivity index (χ3v) is 6.10. The van der Waals surface area contributed by atoms with E-state index >= 15 is 0 Å². The molecular weight excluding hydrogens is 270 g/mol. The van der Waals surface area contributed by atoms with E-state index < -0.39 is 0 Å². The fourth-order valence-electron chi connectivity index (χ4n) is 3.35. The first-order valence-corrected chi connectivity index (χ1v) is 9.31. The molecule has 0 spiro atoms. The molecule has 3 atom stereocenters. The monoisotopic (exact) mass is 299 g/mol. The molecule has 3 nitrogen and oxygen atoms in total. The van der Waals surface area contributed by atoms with Crippen molar-refractivity contribution < 1.29 is 9.53 Å². The van der Waals surface area contributed by atoms with Crippen LogP contribution < -0.4 is 5.32 Å². The van der Waals surface area contributed by atoms with E-state index in [2.05, 4.69) is 5.32 Å². The van der Waals surface area contributed by atoms with Crippen molar-refractivity contribution in [2.45, 2.75) is 81.5 Å². The molecule has 0 radical (unpaired) electrons. The van der Waals surface area contributed by atoms with Gasteiger partial charge in [0.1, 0.15) is 6.04 Å². The maximum atomic E-state index is 11.7. The number of methoxy groups -OCH3 is 1. The lowest BCUT2D eigenvalue weighted by atomic mass is 9.96. The van der Waals surface area contributed by atoms with Gasteiger partial charge in [0.2, 0.25) is 0 Å². The molecule has 1 aliphatic heterocycles. The first-order chi connectivity index (χ1) is 9.81. The molecule has 2 rings (SSSR count). The van der Waals surface area contributed by atoms with Crippen LogP contribution in [0.3, 0.4) is 0 Å². The van der Waals surface area contributed by atoms with Crippen molar-refractivity contribution in [1.82, 2.24) is 5.32 Å². The highest BCUT2D eigenvalue weighted by atomic mass is 32.2. The molecule has 2 aliphatic rings. The highest BCUT2D eigenvalue weighted by Crippen LogP contribution is 2.30. The summed E-state index contributed by atoms with van der Waals surface area (Å²) >= 11 is 1.99. The van der Waals surface area contributed by atoms with Crippen molar-refractivity contribution in [1.29, 1.82) is 0 Å². The number of ether oxygens (including phenoxy) is 1. The largest absolute Gasteiger partial charge is 0.468 e. The van der Waals surface area contributed by atoms with Crippen LogP contribution in [0.25, 0.3) is 0 Å². The molecule has 20 heavy (non-hydrogen) atoms. The maximum Gasteiger partial charge on any atom is 0.323 e. The number of thioether (sulfide) groups is 1. The summed E-state index contributed by atoms with van der Waals surface area (Å²) in [6, 6.07) is 0.399. The Morgan fingerprint density at radius 1 is 1.00 bits per heavy atom. The van der Waals surface area contributed by atoms with Gasteiger partial charge >= 0.3 is 5.97 Å². The molecule has 116 valence electrons. The van der Waals surface area contributed by atoms with Gasteiger partial charge < -0.3 is 4.74 Å². The van der Waals surface area contributed by atoms with E-state index in [0.717, 1.165) is 5.75 Å². The minimum atomic E-state index is -0.0980. The summed E-state index contributed by atoms with van der Waals surface area (Å²) in [5.74, 6) is 0.774. The van der Waals surface area contributed by atoms with Gasteiger partial charge in [-0.15, -0.1) is 0 Å². The van der Waals surface area contributed by atoms with Gasteiger partial charge in [0, 0.05) is 17.0 Å². The fraction of sp³-hybridized carbons (Fsp3) is 0.938. The van der Waals surface area contributed by atoms with Gasteiger partial charge in [-0.05, 0) is 12.8 Å². The molecule has 1 aliphatic carbocycles. The molecule has 0 aromatic carbocycles. The predicted molar refractivity (Wildman–Crippen MR) is 85.1 cm³/mol. The summed E-state index contributed by atoms with van der Waals surface area (Å²) in [7, 11) is 1.49.